The number of fused-ring (bicyclic) bond motifs is 2. The summed E-state index contributed by atoms with van der Waals surface area (Å²) in [5.41, 5.74) is 3.93. The zero-order valence-electron chi connectivity index (χ0n) is 21.3. The minimum atomic E-state index is -0.414. The van der Waals surface area contributed by atoms with Crippen LogP contribution in [0.3, 0.4) is 0 Å². The van der Waals surface area contributed by atoms with Crippen LogP contribution in [0.4, 0.5) is 0 Å². The summed E-state index contributed by atoms with van der Waals surface area (Å²) in [7, 11) is 1.57. The third-order valence-corrected chi connectivity index (χ3v) is 7.28. The molecule has 1 amide bonds. The van der Waals surface area contributed by atoms with Gasteiger partial charge in [-0.25, -0.2) is 0 Å². The predicted molar refractivity (Wildman–Crippen MR) is 163 cm³/mol. The largest absolute Gasteiger partial charge is 0.493 e. The van der Waals surface area contributed by atoms with Crippen molar-refractivity contribution in [1.29, 1.82) is 5.26 Å². The first-order valence-electron chi connectivity index (χ1n) is 12.5. The van der Waals surface area contributed by atoms with Crippen LogP contribution in [-0.2, 0) is 17.8 Å². The Labute approximate surface area is 240 Å². The van der Waals surface area contributed by atoms with Gasteiger partial charge >= 0.3 is 0 Å². The van der Waals surface area contributed by atoms with Gasteiger partial charge in [0.2, 0.25) is 0 Å². The molecule has 1 aromatic heterocycles. The van der Waals surface area contributed by atoms with Crippen LogP contribution >= 0.6 is 22.6 Å². The summed E-state index contributed by atoms with van der Waals surface area (Å²) >= 11 is 2.18. The number of amides is 1. The molecule has 0 bridgehead atoms. The second kappa shape index (κ2) is 12.0. The fraction of sp³-hybridized carbons (Fsp3) is 0.125. The third-order valence-electron chi connectivity index (χ3n) is 6.48. The first-order valence-corrected chi connectivity index (χ1v) is 13.6. The molecule has 0 saturated heterocycles. The van der Waals surface area contributed by atoms with Gasteiger partial charge in [0.25, 0.3) is 5.91 Å². The van der Waals surface area contributed by atoms with Crippen molar-refractivity contribution in [1.82, 2.24) is 10.3 Å². The highest BCUT2D eigenvalue weighted by molar-refractivity contribution is 14.1. The Balaban J connectivity index is 1.26. The molecule has 0 spiro atoms. The molecule has 0 fully saturated rings. The smallest absolute Gasteiger partial charge is 0.261 e. The maximum absolute atomic E-state index is 12.8. The van der Waals surface area contributed by atoms with Gasteiger partial charge in [0.15, 0.2) is 11.5 Å². The average molecular weight is 627 g/mol. The van der Waals surface area contributed by atoms with Crippen LogP contribution in [0.2, 0.25) is 0 Å². The van der Waals surface area contributed by atoms with Crippen LogP contribution in [0.15, 0.2) is 90.6 Å². The Bertz CT molecular complexity index is 1730. The Hall–Kier alpha value is -4.29. The van der Waals surface area contributed by atoms with Gasteiger partial charge in [0, 0.05) is 23.6 Å². The highest BCUT2D eigenvalue weighted by atomic mass is 127. The molecule has 0 saturated carbocycles. The van der Waals surface area contributed by atoms with Crippen molar-refractivity contribution in [3.05, 3.63) is 111 Å². The molecule has 0 unspecified atom stereocenters. The number of H-pyrrole nitrogens is 1. The van der Waals surface area contributed by atoms with Crippen molar-refractivity contribution in [2.45, 2.75) is 13.0 Å². The number of nitriles is 1. The van der Waals surface area contributed by atoms with Crippen molar-refractivity contribution < 1.29 is 14.3 Å². The second-order valence-corrected chi connectivity index (χ2v) is 10.2. The lowest BCUT2D eigenvalue weighted by molar-refractivity contribution is -0.117. The number of aromatic nitrogens is 1. The summed E-state index contributed by atoms with van der Waals surface area (Å²) in [5.74, 6) is 0.735. The van der Waals surface area contributed by atoms with E-state index in [0.29, 0.717) is 36.6 Å². The Morgan fingerprint density at radius 3 is 2.67 bits per heavy atom. The molecule has 4 aromatic carbocycles. The summed E-state index contributed by atoms with van der Waals surface area (Å²) in [6.07, 6.45) is 4.18. The number of hydrogen-bond donors (Lipinski definition) is 2. The lowest BCUT2D eigenvalue weighted by Crippen LogP contribution is -2.26. The number of aromatic amines is 1. The van der Waals surface area contributed by atoms with E-state index in [9.17, 15) is 10.1 Å². The summed E-state index contributed by atoms with van der Waals surface area (Å²) in [5, 5.41) is 16.0. The quantitative estimate of drug-likeness (QED) is 0.107. The van der Waals surface area contributed by atoms with Crippen LogP contribution in [-0.4, -0.2) is 24.5 Å². The number of carbonyl (C=O) groups is 1. The van der Waals surface area contributed by atoms with Crippen molar-refractivity contribution >= 4 is 56.2 Å². The molecule has 0 aliphatic carbocycles. The number of hydrogen-bond acceptors (Lipinski definition) is 4. The minimum Gasteiger partial charge on any atom is -0.493 e. The highest BCUT2D eigenvalue weighted by Gasteiger charge is 2.14. The first-order chi connectivity index (χ1) is 19.1. The number of benzene rings is 4. The first kappa shape index (κ1) is 26.3. The number of methoxy groups -OCH3 is 1. The topological polar surface area (TPSA) is 87.1 Å². The standard InChI is InChI=1S/C32H26IN3O3/c1-38-30-17-22(16-28(33)31(30)39-20-21-10-11-23-6-2-3-7-24(23)14-21)15-26(18-34)32(37)35-13-12-25-19-36-29-9-5-4-8-27(25)29/h2-11,14-17,19,36H,12-13,20H2,1H3,(H,35,37)/b26-15-. The highest BCUT2D eigenvalue weighted by Crippen LogP contribution is 2.35. The van der Waals surface area contributed by atoms with E-state index in [1.54, 1.807) is 19.3 Å². The fourth-order valence-corrected chi connectivity index (χ4v) is 5.29. The lowest BCUT2D eigenvalue weighted by Gasteiger charge is -2.14. The molecule has 5 rings (SSSR count). The van der Waals surface area contributed by atoms with Gasteiger partial charge in [-0.1, -0.05) is 54.6 Å². The zero-order chi connectivity index (χ0) is 27.2. The third kappa shape index (κ3) is 6.07. The van der Waals surface area contributed by atoms with Crippen molar-refractivity contribution in [3.63, 3.8) is 0 Å². The Morgan fingerprint density at radius 2 is 1.85 bits per heavy atom. The summed E-state index contributed by atoms with van der Waals surface area (Å²) in [6, 6.07) is 28.2. The van der Waals surface area contributed by atoms with E-state index in [1.165, 1.54) is 5.39 Å². The van der Waals surface area contributed by atoms with Crippen molar-refractivity contribution in [2.24, 2.45) is 0 Å². The molecule has 6 nitrogen and oxygen atoms in total. The zero-order valence-corrected chi connectivity index (χ0v) is 23.5. The van der Waals surface area contributed by atoms with Crippen LogP contribution in [0.25, 0.3) is 27.8 Å². The molecule has 0 atom stereocenters. The molecular formula is C32H26IN3O3. The molecule has 39 heavy (non-hydrogen) atoms. The molecule has 7 heteroatoms. The summed E-state index contributed by atoms with van der Waals surface area (Å²) in [4.78, 5) is 16.0. The molecular weight excluding hydrogens is 601 g/mol. The van der Waals surface area contributed by atoms with Gasteiger partial charge in [0.1, 0.15) is 18.2 Å². The molecule has 5 aromatic rings. The maximum atomic E-state index is 12.8. The summed E-state index contributed by atoms with van der Waals surface area (Å²) < 4.78 is 12.6. The van der Waals surface area contributed by atoms with E-state index in [0.717, 1.165) is 31.0 Å². The maximum Gasteiger partial charge on any atom is 0.261 e. The second-order valence-electron chi connectivity index (χ2n) is 9.04. The van der Waals surface area contributed by atoms with E-state index < -0.39 is 5.91 Å². The Kier molecular flexibility index (Phi) is 8.13. The molecule has 0 aliphatic heterocycles. The minimum absolute atomic E-state index is 0.0246. The monoisotopic (exact) mass is 627 g/mol. The normalized spacial score (nSPS) is 11.4. The number of nitrogens with zero attached hydrogens (tertiary/aromatic N) is 1. The van der Waals surface area contributed by atoms with E-state index in [-0.39, 0.29) is 5.57 Å². The van der Waals surface area contributed by atoms with Gasteiger partial charge in [-0.2, -0.15) is 5.26 Å². The van der Waals surface area contributed by atoms with Gasteiger partial charge in [-0.15, -0.1) is 0 Å². The number of ether oxygens (including phenoxy) is 2. The van der Waals surface area contributed by atoms with Gasteiger partial charge < -0.3 is 19.8 Å². The van der Waals surface area contributed by atoms with E-state index in [2.05, 4.69) is 63.2 Å². The summed E-state index contributed by atoms with van der Waals surface area (Å²) in [6.45, 7) is 0.802. The number of para-hydroxylation sites is 1. The van der Waals surface area contributed by atoms with Gasteiger partial charge in [-0.3, -0.25) is 4.79 Å². The van der Waals surface area contributed by atoms with E-state index in [4.69, 9.17) is 9.47 Å². The number of rotatable bonds is 9. The average Bonchev–Trinajstić information content (AvgIpc) is 3.37. The van der Waals surface area contributed by atoms with Crippen molar-refractivity contribution in [3.8, 4) is 17.6 Å². The molecule has 0 radical (unpaired) electrons. The van der Waals surface area contributed by atoms with Gasteiger partial charge in [0.05, 0.1) is 10.7 Å². The SMILES string of the molecule is COc1cc(/C=C(/C#N)C(=O)NCCc2c[nH]c3ccccc23)cc(I)c1OCc1ccc2ccccc2c1. The molecule has 2 N–H and O–H groups in total. The van der Waals surface area contributed by atoms with E-state index >= 15 is 0 Å². The Morgan fingerprint density at radius 1 is 1.05 bits per heavy atom. The van der Waals surface area contributed by atoms with Gasteiger partial charge in [-0.05, 0) is 86.8 Å². The molecule has 1 heterocycles. The van der Waals surface area contributed by atoms with Crippen LogP contribution in [0.5, 0.6) is 11.5 Å². The predicted octanol–water partition coefficient (Wildman–Crippen LogP) is 6.78. The number of nitrogens with one attached hydrogen (secondary N) is 2. The van der Waals surface area contributed by atoms with E-state index in [1.807, 2.05) is 54.7 Å². The van der Waals surface area contributed by atoms with Crippen LogP contribution in [0.1, 0.15) is 16.7 Å². The van der Waals surface area contributed by atoms with Crippen LogP contribution in [0, 0.1) is 14.9 Å². The fourth-order valence-electron chi connectivity index (χ4n) is 4.51. The molecule has 194 valence electrons. The van der Waals surface area contributed by atoms with Crippen LogP contribution < -0.4 is 14.8 Å². The number of carbonyl (C=O) groups excluding carboxylic acids is 1. The molecule has 0 aliphatic rings. The number of halogens is 1. The van der Waals surface area contributed by atoms with Crippen molar-refractivity contribution in [2.75, 3.05) is 13.7 Å². The lowest BCUT2D eigenvalue weighted by atomic mass is 10.1.